The molecule has 1 aromatic heterocycles. The quantitative estimate of drug-likeness (QED) is 0.542. The van der Waals surface area contributed by atoms with E-state index in [-0.39, 0.29) is 11.9 Å². The van der Waals surface area contributed by atoms with Crippen LogP contribution < -0.4 is 14.4 Å². The van der Waals surface area contributed by atoms with Crippen LogP contribution in [0.15, 0.2) is 48.5 Å². The van der Waals surface area contributed by atoms with Gasteiger partial charge in [0.15, 0.2) is 0 Å². The van der Waals surface area contributed by atoms with Crippen molar-refractivity contribution < 1.29 is 14.3 Å². The summed E-state index contributed by atoms with van der Waals surface area (Å²) in [7, 11) is 3.28. The van der Waals surface area contributed by atoms with Gasteiger partial charge in [0.05, 0.1) is 14.2 Å². The maximum absolute atomic E-state index is 12.9. The van der Waals surface area contributed by atoms with Crippen LogP contribution >= 0.6 is 11.3 Å². The molecule has 3 rings (SSSR count). The molecule has 0 aliphatic carbocycles. The zero-order valence-electron chi connectivity index (χ0n) is 17.1. The zero-order chi connectivity index (χ0) is 20.8. The minimum atomic E-state index is -0.00460. The first-order valence-electron chi connectivity index (χ1n) is 9.44. The zero-order valence-corrected chi connectivity index (χ0v) is 17.9. The fraction of sp³-hybridized carbons (Fsp3) is 0.318. The summed E-state index contributed by atoms with van der Waals surface area (Å²) in [4.78, 5) is 14.7. The monoisotopic (exact) mass is 411 g/mol. The van der Waals surface area contributed by atoms with Crippen molar-refractivity contribution in [1.82, 2.24) is 10.2 Å². The Morgan fingerprint density at radius 2 is 1.55 bits per heavy atom. The summed E-state index contributed by atoms with van der Waals surface area (Å²) >= 11 is 1.42. The van der Waals surface area contributed by atoms with Crippen molar-refractivity contribution in [3.8, 4) is 22.1 Å². The van der Waals surface area contributed by atoms with E-state index in [0.29, 0.717) is 18.0 Å². The average Bonchev–Trinajstić information content (AvgIpc) is 3.22. The van der Waals surface area contributed by atoms with Crippen LogP contribution in [0.4, 0.5) is 5.13 Å². The second kappa shape index (κ2) is 9.52. The predicted octanol–water partition coefficient (Wildman–Crippen LogP) is 4.60. The van der Waals surface area contributed by atoms with Crippen LogP contribution in [0.2, 0.25) is 0 Å². The Hall–Kier alpha value is -2.93. The number of rotatable bonds is 8. The Morgan fingerprint density at radius 3 is 2.10 bits per heavy atom. The van der Waals surface area contributed by atoms with Crippen LogP contribution in [-0.2, 0) is 11.2 Å². The molecule has 0 atom stereocenters. The van der Waals surface area contributed by atoms with Gasteiger partial charge in [0.25, 0.3) is 0 Å². The van der Waals surface area contributed by atoms with Gasteiger partial charge in [-0.1, -0.05) is 23.5 Å². The lowest BCUT2D eigenvalue weighted by atomic mass is 10.1. The molecule has 0 aliphatic rings. The van der Waals surface area contributed by atoms with Crippen LogP contribution in [0, 0.1) is 0 Å². The van der Waals surface area contributed by atoms with Crippen LogP contribution in [-0.4, -0.2) is 36.4 Å². The molecule has 7 heteroatoms. The fourth-order valence-corrected chi connectivity index (χ4v) is 3.94. The number of nitrogens with zero attached hydrogens (tertiary/aromatic N) is 3. The number of carbonyl (C=O) groups is 1. The molecule has 0 fully saturated rings. The molecule has 0 radical (unpaired) electrons. The SMILES string of the molecule is COc1ccc(CCC(=O)N(c2nnc(-c3ccc(OC)cc3)s2)C(C)C)cc1. The van der Waals surface area contributed by atoms with Gasteiger partial charge in [-0.25, -0.2) is 0 Å². The molecule has 3 aromatic rings. The average molecular weight is 412 g/mol. The van der Waals surface area contributed by atoms with Gasteiger partial charge in [-0.15, -0.1) is 10.2 Å². The number of methoxy groups -OCH3 is 2. The Balaban J connectivity index is 1.71. The minimum Gasteiger partial charge on any atom is -0.497 e. The van der Waals surface area contributed by atoms with E-state index in [2.05, 4.69) is 10.2 Å². The highest BCUT2D eigenvalue weighted by molar-refractivity contribution is 7.18. The molecule has 0 aliphatic heterocycles. The highest BCUT2D eigenvalue weighted by Crippen LogP contribution is 2.31. The van der Waals surface area contributed by atoms with Crippen LogP contribution in [0.25, 0.3) is 10.6 Å². The van der Waals surface area contributed by atoms with Crippen molar-refractivity contribution in [3.63, 3.8) is 0 Å². The van der Waals surface area contributed by atoms with Crippen molar-refractivity contribution in [2.24, 2.45) is 0 Å². The Morgan fingerprint density at radius 1 is 0.966 bits per heavy atom. The molecule has 0 unspecified atom stereocenters. The summed E-state index contributed by atoms with van der Waals surface area (Å²) in [5.74, 6) is 1.63. The predicted molar refractivity (Wildman–Crippen MR) is 116 cm³/mol. The number of carbonyl (C=O) groups excluding carboxylic acids is 1. The maximum Gasteiger partial charge on any atom is 0.229 e. The summed E-state index contributed by atoms with van der Waals surface area (Å²) < 4.78 is 10.4. The fourth-order valence-electron chi connectivity index (χ4n) is 2.94. The molecule has 2 aromatic carbocycles. The number of hydrogen-bond donors (Lipinski definition) is 0. The van der Waals surface area contributed by atoms with E-state index in [1.807, 2.05) is 62.4 Å². The number of ether oxygens (including phenoxy) is 2. The second-order valence-corrected chi connectivity index (χ2v) is 7.78. The number of anilines is 1. The van der Waals surface area contributed by atoms with Crippen molar-refractivity contribution in [2.75, 3.05) is 19.1 Å². The first-order chi connectivity index (χ1) is 14.0. The normalized spacial score (nSPS) is 10.8. The Bertz CT molecular complexity index is 937. The number of hydrogen-bond acceptors (Lipinski definition) is 6. The van der Waals surface area contributed by atoms with Gasteiger partial charge >= 0.3 is 0 Å². The molecule has 29 heavy (non-hydrogen) atoms. The third-order valence-corrected chi connectivity index (χ3v) is 5.50. The summed E-state index contributed by atoms with van der Waals surface area (Å²) in [5, 5.41) is 9.96. The highest BCUT2D eigenvalue weighted by atomic mass is 32.1. The number of aryl methyl sites for hydroxylation is 1. The number of aromatic nitrogens is 2. The first-order valence-corrected chi connectivity index (χ1v) is 10.3. The van der Waals surface area contributed by atoms with E-state index in [1.165, 1.54) is 11.3 Å². The van der Waals surface area contributed by atoms with Gasteiger partial charge in [0.1, 0.15) is 16.5 Å². The molecule has 0 saturated heterocycles. The van der Waals surface area contributed by atoms with Crippen LogP contribution in [0.3, 0.4) is 0 Å². The molecule has 0 spiro atoms. The standard InChI is InChI=1S/C22H25N3O3S/c1-15(2)25(20(26)14-7-16-5-10-18(27-3)11-6-16)22-24-23-21(29-22)17-8-12-19(28-4)13-9-17/h5-6,8-13,15H,7,14H2,1-4H3. The lowest BCUT2D eigenvalue weighted by molar-refractivity contribution is -0.118. The highest BCUT2D eigenvalue weighted by Gasteiger charge is 2.23. The van der Waals surface area contributed by atoms with E-state index in [9.17, 15) is 4.79 Å². The second-order valence-electron chi connectivity index (χ2n) is 6.82. The lowest BCUT2D eigenvalue weighted by Gasteiger charge is -2.23. The molecule has 1 amide bonds. The Kier molecular flexibility index (Phi) is 6.82. The van der Waals surface area contributed by atoms with Crippen molar-refractivity contribution in [1.29, 1.82) is 0 Å². The van der Waals surface area contributed by atoms with Gasteiger partial charge in [0, 0.05) is 18.0 Å². The van der Waals surface area contributed by atoms with Gasteiger partial charge in [0.2, 0.25) is 11.0 Å². The third-order valence-electron chi connectivity index (χ3n) is 4.53. The smallest absolute Gasteiger partial charge is 0.229 e. The largest absolute Gasteiger partial charge is 0.497 e. The summed E-state index contributed by atoms with van der Waals surface area (Å²) in [6, 6.07) is 15.4. The summed E-state index contributed by atoms with van der Waals surface area (Å²) in [5.41, 5.74) is 2.04. The Labute approximate surface area is 175 Å². The van der Waals surface area contributed by atoms with Gasteiger partial charge in [-0.05, 0) is 62.2 Å². The number of benzene rings is 2. The van der Waals surface area contributed by atoms with E-state index >= 15 is 0 Å². The number of amides is 1. The van der Waals surface area contributed by atoms with Gasteiger partial charge in [-0.3, -0.25) is 9.69 Å². The van der Waals surface area contributed by atoms with Crippen molar-refractivity contribution >= 4 is 22.4 Å². The molecular formula is C22H25N3O3S. The molecule has 152 valence electrons. The third kappa shape index (κ3) is 5.12. The molecule has 6 nitrogen and oxygen atoms in total. The maximum atomic E-state index is 12.9. The van der Waals surface area contributed by atoms with Gasteiger partial charge in [-0.2, -0.15) is 0 Å². The molecule has 0 bridgehead atoms. The lowest BCUT2D eigenvalue weighted by Crippen LogP contribution is -2.37. The van der Waals surface area contributed by atoms with Crippen molar-refractivity contribution in [3.05, 3.63) is 54.1 Å². The van der Waals surface area contributed by atoms with Gasteiger partial charge < -0.3 is 9.47 Å². The van der Waals surface area contributed by atoms with E-state index in [0.717, 1.165) is 27.6 Å². The van der Waals surface area contributed by atoms with E-state index < -0.39 is 0 Å². The molecule has 0 N–H and O–H groups in total. The minimum absolute atomic E-state index is 0.00460. The molecule has 1 heterocycles. The first kappa shape index (κ1) is 20.8. The van der Waals surface area contributed by atoms with Crippen LogP contribution in [0.5, 0.6) is 11.5 Å². The molecule has 0 saturated carbocycles. The van der Waals surface area contributed by atoms with E-state index in [4.69, 9.17) is 9.47 Å². The summed E-state index contributed by atoms with van der Waals surface area (Å²) in [6.45, 7) is 3.97. The summed E-state index contributed by atoms with van der Waals surface area (Å²) in [6.07, 6.45) is 1.07. The topological polar surface area (TPSA) is 64.5 Å². The molecular weight excluding hydrogens is 386 g/mol. The van der Waals surface area contributed by atoms with Crippen molar-refractivity contribution in [2.45, 2.75) is 32.7 Å². The van der Waals surface area contributed by atoms with Crippen LogP contribution in [0.1, 0.15) is 25.8 Å². The van der Waals surface area contributed by atoms with E-state index in [1.54, 1.807) is 19.1 Å².